The Kier molecular flexibility index (Phi) is 5.47. The maximum atomic E-state index is 10.2. The Morgan fingerprint density at radius 3 is 2.90 bits per heavy atom. The van der Waals surface area contributed by atoms with Gasteiger partial charge in [-0.1, -0.05) is 29.8 Å². The monoisotopic (exact) mass is 340 g/mol. The third-order valence-corrected chi connectivity index (χ3v) is 5.03. The van der Waals surface area contributed by atoms with Gasteiger partial charge < -0.3 is 10.8 Å². The summed E-state index contributed by atoms with van der Waals surface area (Å²) in [5, 5.41) is 10.2. The van der Waals surface area contributed by atoms with Gasteiger partial charge in [0.05, 0.1) is 0 Å². The molecule has 0 amide bonds. The highest BCUT2D eigenvalue weighted by atomic mass is 79.9. The second-order valence-electron chi connectivity index (χ2n) is 5.79. The number of phenols is 1. The number of nitrogens with two attached hydrogens (primary N) is 1. The normalized spacial score (nSPS) is 25.6. The molecule has 0 radical (unpaired) electrons. The van der Waals surface area contributed by atoms with Crippen LogP contribution in [0.3, 0.4) is 0 Å². The molecular formula is C16H25BrN2O. The number of hydrogen-bond acceptors (Lipinski definition) is 3. The minimum Gasteiger partial charge on any atom is -0.508 e. The lowest BCUT2D eigenvalue weighted by atomic mass is 9.87. The lowest BCUT2D eigenvalue weighted by molar-refractivity contribution is 0.0585. The van der Waals surface area contributed by atoms with Gasteiger partial charge in [0.25, 0.3) is 0 Å². The largest absolute Gasteiger partial charge is 0.508 e. The van der Waals surface area contributed by atoms with Gasteiger partial charge in [-0.05, 0) is 49.9 Å². The van der Waals surface area contributed by atoms with Crippen molar-refractivity contribution in [2.75, 3.05) is 13.1 Å². The molecule has 1 aliphatic heterocycles. The molecule has 3 unspecified atom stereocenters. The fraction of sp³-hybridized carbons (Fsp3) is 0.625. The number of piperidine rings is 1. The molecule has 1 saturated heterocycles. The van der Waals surface area contributed by atoms with E-state index in [-0.39, 0.29) is 6.04 Å². The molecule has 3 nitrogen and oxygen atoms in total. The van der Waals surface area contributed by atoms with Gasteiger partial charge in [-0.25, -0.2) is 0 Å². The SMILES string of the molecule is CCC(c1cc(Br)ccc1O)N1CCCC(C)C1CN. The van der Waals surface area contributed by atoms with Crippen molar-refractivity contribution < 1.29 is 5.11 Å². The minimum absolute atomic E-state index is 0.240. The highest BCUT2D eigenvalue weighted by molar-refractivity contribution is 9.10. The molecule has 20 heavy (non-hydrogen) atoms. The van der Waals surface area contributed by atoms with Crippen molar-refractivity contribution in [3.8, 4) is 5.75 Å². The van der Waals surface area contributed by atoms with Gasteiger partial charge in [0, 0.05) is 28.7 Å². The van der Waals surface area contributed by atoms with E-state index in [2.05, 4.69) is 34.7 Å². The first kappa shape index (κ1) is 15.8. The van der Waals surface area contributed by atoms with E-state index in [1.165, 1.54) is 12.8 Å². The predicted molar refractivity (Wildman–Crippen MR) is 86.8 cm³/mol. The average Bonchev–Trinajstić information content (AvgIpc) is 2.44. The Morgan fingerprint density at radius 2 is 2.25 bits per heavy atom. The van der Waals surface area contributed by atoms with Crippen LogP contribution in [0.25, 0.3) is 0 Å². The van der Waals surface area contributed by atoms with Gasteiger partial charge in [0.1, 0.15) is 5.75 Å². The molecule has 0 spiro atoms. The van der Waals surface area contributed by atoms with E-state index in [0.29, 0.717) is 24.3 Å². The number of likely N-dealkylation sites (tertiary alicyclic amines) is 1. The highest BCUT2D eigenvalue weighted by Crippen LogP contribution is 2.37. The zero-order chi connectivity index (χ0) is 14.7. The molecule has 1 fully saturated rings. The average molecular weight is 341 g/mol. The maximum Gasteiger partial charge on any atom is 0.120 e. The third-order valence-electron chi connectivity index (χ3n) is 4.54. The quantitative estimate of drug-likeness (QED) is 0.879. The molecular weight excluding hydrogens is 316 g/mol. The standard InChI is InChI=1S/C16H25BrN2O/c1-3-14(13-9-12(17)6-7-16(13)20)19-8-4-5-11(2)15(19)10-18/h6-7,9,11,14-15,20H,3-5,8,10,18H2,1-2H3. The van der Waals surface area contributed by atoms with Gasteiger partial charge in [-0.3, -0.25) is 4.90 Å². The lowest BCUT2D eigenvalue weighted by Crippen LogP contribution is -2.49. The van der Waals surface area contributed by atoms with Crippen molar-refractivity contribution in [3.63, 3.8) is 0 Å². The smallest absolute Gasteiger partial charge is 0.120 e. The maximum absolute atomic E-state index is 10.2. The molecule has 2 rings (SSSR count). The van der Waals surface area contributed by atoms with E-state index in [1.807, 2.05) is 12.1 Å². The van der Waals surface area contributed by atoms with Crippen LogP contribution in [0.15, 0.2) is 22.7 Å². The van der Waals surface area contributed by atoms with Gasteiger partial charge in [-0.2, -0.15) is 0 Å². The molecule has 1 heterocycles. The van der Waals surface area contributed by atoms with Crippen molar-refractivity contribution in [1.29, 1.82) is 0 Å². The van der Waals surface area contributed by atoms with Crippen LogP contribution in [0.2, 0.25) is 0 Å². The Hall–Kier alpha value is -0.580. The molecule has 0 bridgehead atoms. The Balaban J connectivity index is 2.33. The first-order valence-electron chi connectivity index (χ1n) is 7.52. The van der Waals surface area contributed by atoms with Gasteiger partial charge in [0.2, 0.25) is 0 Å². The summed E-state index contributed by atoms with van der Waals surface area (Å²) in [4.78, 5) is 2.50. The Morgan fingerprint density at radius 1 is 1.50 bits per heavy atom. The predicted octanol–water partition coefficient (Wildman–Crippen LogP) is 3.67. The number of aromatic hydroxyl groups is 1. The number of hydrogen-bond donors (Lipinski definition) is 2. The first-order valence-corrected chi connectivity index (χ1v) is 8.32. The topological polar surface area (TPSA) is 49.5 Å². The zero-order valence-electron chi connectivity index (χ0n) is 12.3. The van der Waals surface area contributed by atoms with Gasteiger partial charge in [-0.15, -0.1) is 0 Å². The molecule has 0 saturated carbocycles. The molecule has 1 aromatic carbocycles. The van der Waals surface area contributed by atoms with Crippen LogP contribution in [-0.2, 0) is 0 Å². The van der Waals surface area contributed by atoms with E-state index in [0.717, 1.165) is 23.0 Å². The lowest BCUT2D eigenvalue weighted by Gasteiger charge is -2.44. The second kappa shape index (κ2) is 6.92. The van der Waals surface area contributed by atoms with Crippen molar-refractivity contribution in [1.82, 2.24) is 4.90 Å². The fourth-order valence-corrected chi connectivity index (χ4v) is 3.84. The number of rotatable bonds is 4. The summed E-state index contributed by atoms with van der Waals surface area (Å²) in [5.41, 5.74) is 7.02. The fourth-order valence-electron chi connectivity index (χ4n) is 3.46. The zero-order valence-corrected chi connectivity index (χ0v) is 13.9. The summed E-state index contributed by atoms with van der Waals surface area (Å²) in [5.74, 6) is 1.01. The third kappa shape index (κ3) is 3.18. The Bertz CT molecular complexity index is 452. The van der Waals surface area contributed by atoms with E-state index >= 15 is 0 Å². The van der Waals surface area contributed by atoms with Crippen molar-refractivity contribution in [2.45, 2.75) is 45.2 Å². The van der Waals surface area contributed by atoms with E-state index in [4.69, 9.17) is 5.73 Å². The summed E-state index contributed by atoms with van der Waals surface area (Å²) >= 11 is 3.51. The van der Waals surface area contributed by atoms with Crippen LogP contribution in [0.5, 0.6) is 5.75 Å². The molecule has 0 aromatic heterocycles. The molecule has 3 atom stereocenters. The summed E-state index contributed by atoms with van der Waals surface area (Å²) in [6, 6.07) is 6.34. The number of phenolic OH excluding ortho intramolecular Hbond substituents is 1. The van der Waals surface area contributed by atoms with Crippen molar-refractivity contribution >= 4 is 15.9 Å². The summed E-state index contributed by atoms with van der Waals surface area (Å²) in [7, 11) is 0. The summed E-state index contributed by atoms with van der Waals surface area (Å²) < 4.78 is 1.01. The molecule has 1 aliphatic rings. The number of halogens is 1. The van der Waals surface area contributed by atoms with Crippen molar-refractivity contribution in [3.05, 3.63) is 28.2 Å². The van der Waals surface area contributed by atoms with Crippen LogP contribution in [0.1, 0.15) is 44.7 Å². The van der Waals surface area contributed by atoms with Gasteiger partial charge in [0.15, 0.2) is 0 Å². The summed E-state index contributed by atoms with van der Waals surface area (Å²) in [6.07, 6.45) is 3.44. The van der Waals surface area contributed by atoms with Crippen LogP contribution >= 0.6 is 15.9 Å². The van der Waals surface area contributed by atoms with Crippen molar-refractivity contribution in [2.24, 2.45) is 11.7 Å². The van der Waals surface area contributed by atoms with E-state index in [1.54, 1.807) is 6.07 Å². The Labute approximate surface area is 130 Å². The van der Waals surface area contributed by atoms with Gasteiger partial charge >= 0.3 is 0 Å². The first-order chi connectivity index (χ1) is 9.58. The van der Waals surface area contributed by atoms with Crippen LogP contribution in [0.4, 0.5) is 0 Å². The highest BCUT2D eigenvalue weighted by Gasteiger charge is 2.33. The van der Waals surface area contributed by atoms with Crippen LogP contribution in [0, 0.1) is 5.92 Å². The van der Waals surface area contributed by atoms with Crippen LogP contribution in [-0.4, -0.2) is 29.1 Å². The van der Waals surface area contributed by atoms with Crippen LogP contribution < -0.4 is 5.73 Å². The summed E-state index contributed by atoms with van der Waals surface area (Å²) in [6.45, 7) is 6.22. The number of benzene rings is 1. The van der Waals surface area contributed by atoms with E-state index in [9.17, 15) is 5.11 Å². The molecule has 112 valence electrons. The second-order valence-corrected chi connectivity index (χ2v) is 6.70. The molecule has 3 N–H and O–H groups in total. The number of nitrogens with zero attached hydrogens (tertiary/aromatic N) is 1. The molecule has 4 heteroatoms. The van der Waals surface area contributed by atoms with E-state index < -0.39 is 0 Å². The molecule has 1 aromatic rings. The molecule has 0 aliphatic carbocycles. The minimum atomic E-state index is 0.240.